The molecular formula is C16H25NOS. The Morgan fingerprint density at radius 2 is 2.00 bits per heavy atom. The van der Waals surface area contributed by atoms with Gasteiger partial charge >= 0.3 is 0 Å². The van der Waals surface area contributed by atoms with E-state index in [9.17, 15) is 4.21 Å². The topological polar surface area (TPSA) is 29.1 Å². The monoisotopic (exact) mass is 279 g/mol. The number of hydrogen-bond acceptors (Lipinski definition) is 2. The zero-order valence-corrected chi connectivity index (χ0v) is 13.2. The average Bonchev–Trinajstić information content (AvgIpc) is 2.38. The van der Waals surface area contributed by atoms with Crippen molar-refractivity contribution in [2.75, 3.05) is 12.8 Å². The Balaban J connectivity index is 1.93. The highest BCUT2D eigenvalue weighted by Crippen LogP contribution is 2.52. The third-order valence-electron chi connectivity index (χ3n) is 4.69. The molecule has 0 saturated heterocycles. The smallest absolute Gasteiger partial charge is 0.0441 e. The molecule has 4 atom stereocenters. The van der Waals surface area contributed by atoms with Crippen LogP contribution in [0.2, 0.25) is 0 Å². The van der Waals surface area contributed by atoms with Gasteiger partial charge < -0.3 is 5.32 Å². The zero-order chi connectivity index (χ0) is 14.0. The van der Waals surface area contributed by atoms with Crippen LogP contribution in [0, 0.1) is 5.41 Å². The van der Waals surface area contributed by atoms with Gasteiger partial charge in [0.2, 0.25) is 0 Å². The van der Waals surface area contributed by atoms with E-state index in [-0.39, 0.29) is 10.7 Å². The first kappa shape index (κ1) is 14.7. The van der Waals surface area contributed by atoms with Crippen molar-refractivity contribution in [3.05, 3.63) is 35.9 Å². The van der Waals surface area contributed by atoms with E-state index in [2.05, 4.69) is 49.5 Å². The van der Waals surface area contributed by atoms with E-state index in [4.69, 9.17) is 0 Å². The molecule has 1 aromatic rings. The molecule has 1 N–H and O–H groups in total. The lowest BCUT2D eigenvalue weighted by molar-refractivity contribution is 0.0697. The summed E-state index contributed by atoms with van der Waals surface area (Å²) in [4.78, 5) is 0. The average molecular weight is 279 g/mol. The summed E-state index contributed by atoms with van der Waals surface area (Å²) >= 11 is 0. The third kappa shape index (κ3) is 3.09. The molecule has 0 amide bonds. The Kier molecular flexibility index (Phi) is 4.46. The van der Waals surface area contributed by atoms with Crippen molar-refractivity contribution in [3.63, 3.8) is 0 Å². The van der Waals surface area contributed by atoms with E-state index < -0.39 is 10.8 Å². The Bertz CT molecular complexity index is 443. The van der Waals surface area contributed by atoms with Gasteiger partial charge in [0.05, 0.1) is 0 Å². The van der Waals surface area contributed by atoms with Crippen LogP contribution in [0.4, 0.5) is 0 Å². The fourth-order valence-electron chi connectivity index (χ4n) is 2.95. The minimum Gasteiger partial charge on any atom is -0.312 e. The second-order valence-corrected chi connectivity index (χ2v) is 8.09. The van der Waals surface area contributed by atoms with Crippen molar-refractivity contribution in [2.24, 2.45) is 5.41 Å². The van der Waals surface area contributed by atoms with Gasteiger partial charge in [-0.05, 0) is 30.2 Å². The Hall–Kier alpha value is -0.670. The number of rotatable bonds is 5. The molecule has 1 fully saturated rings. The van der Waals surface area contributed by atoms with Crippen molar-refractivity contribution >= 4 is 10.8 Å². The molecule has 0 aromatic heterocycles. The molecule has 0 bridgehead atoms. The molecular weight excluding hydrogens is 254 g/mol. The Morgan fingerprint density at radius 1 is 1.37 bits per heavy atom. The van der Waals surface area contributed by atoms with Crippen molar-refractivity contribution in [1.29, 1.82) is 0 Å². The maximum atomic E-state index is 11.4. The first-order valence-electron chi connectivity index (χ1n) is 7.03. The van der Waals surface area contributed by atoms with Crippen LogP contribution in [-0.2, 0) is 10.8 Å². The summed E-state index contributed by atoms with van der Waals surface area (Å²) in [5.74, 6) is 0.633. The lowest BCUT2D eigenvalue weighted by Crippen LogP contribution is -2.56. The predicted octanol–water partition coefficient (Wildman–Crippen LogP) is 2.93. The molecule has 1 aliphatic carbocycles. The van der Waals surface area contributed by atoms with Gasteiger partial charge in [-0.1, -0.05) is 44.2 Å². The summed E-state index contributed by atoms with van der Waals surface area (Å²) < 4.78 is 11.4. The fraction of sp³-hybridized carbons (Fsp3) is 0.625. The Labute approximate surface area is 119 Å². The van der Waals surface area contributed by atoms with Gasteiger partial charge in [-0.15, -0.1) is 0 Å². The fourth-order valence-corrected chi connectivity index (χ4v) is 3.28. The molecule has 0 aliphatic heterocycles. The van der Waals surface area contributed by atoms with E-state index in [1.807, 2.05) is 6.92 Å². The SMILES string of the molecule is C[C@@H](CN[C@@H]1C[C@@H](c2ccccc2)C1(C)C)[S@@](C)=O. The number of nitrogens with one attached hydrogen (secondary N) is 1. The molecule has 1 saturated carbocycles. The van der Waals surface area contributed by atoms with Gasteiger partial charge in [0.15, 0.2) is 0 Å². The van der Waals surface area contributed by atoms with Gasteiger partial charge in [0.1, 0.15) is 0 Å². The van der Waals surface area contributed by atoms with Gasteiger partial charge in [-0.3, -0.25) is 4.21 Å². The first-order valence-corrected chi connectivity index (χ1v) is 8.65. The van der Waals surface area contributed by atoms with Gasteiger partial charge in [-0.25, -0.2) is 0 Å². The van der Waals surface area contributed by atoms with Crippen molar-refractivity contribution in [1.82, 2.24) is 5.32 Å². The summed E-state index contributed by atoms with van der Waals surface area (Å²) in [6, 6.07) is 11.3. The molecule has 2 rings (SSSR count). The van der Waals surface area contributed by atoms with Crippen molar-refractivity contribution in [3.8, 4) is 0 Å². The lowest BCUT2D eigenvalue weighted by atomic mass is 9.56. The van der Waals surface area contributed by atoms with Crippen molar-refractivity contribution < 1.29 is 4.21 Å². The van der Waals surface area contributed by atoms with Crippen LogP contribution in [0.3, 0.4) is 0 Å². The summed E-state index contributed by atoms with van der Waals surface area (Å²) in [5.41, 5.74) is 1.72. The second kappa shape index (κ2) is 5.76. The van der Waals surface area contributed by atoms with E-state index in [0.29, 0.717) is 12.0 Å². The van der Waals surface area contributed by atoms with Crippen LogP contribution in [0.1, 0.15) is 38.7 Å². The molecule has 1 aliphatic rings. The van der Waals surface area contributed by atoms with Gasteiger partial charge in [0, 0.05) is 34.9 Å². The van der Waals surface area contributed by atoms with Crippen LogP contribution in [-0.4, -0.2) is 28.3 Å². The van der Waals surface area contributed by atoms with E-state index in [1.54, 1.807) is 6.26 Å². The molecule has 19 heavy (non-hydrogen) atoms. The summed E-state index contributed by atoms with van der Waals surface area (Å²) in [7, 11) is -0.737. The molecule has 2 nitrogen and oxygen atoms in total. The number of benzene rings is 1. The van der Waals surface area contributed by atoms with Crippen molar-refractivity contribution in [2.45, 2.75) is 44.4 Å². The third-order valence-corrected chi connectivity index (χ3v) is 5.99. The maximum Gasteiger partial charge on any atom is 0.0441 e. The first-order chi connectivity index (χ1) is 8.93. The highest BCUT2D eigenvalue weighted by atomic mass is 32.2. The van der Waals surface area contributed by atoms with Gasteiger partial charge in [-0.2, -0.15) is 0 Å². The van der Waals surface area contributed by atoms with E-state index in [0.717, 1.165) is 6.54 Å². The van der Waals surface area contributed by atoms with Crippen LogP contribution in [0.5, 0.6) is 0 Å². The molecule has 0 radical (unpaired) electrons. The quantitative estimate of drug-likeness (QED) is 0.898. The Morgan fingerprint density at radius 3 is 2.53 bits per heavy atom. The standard InChI is InChI=1S/C16H25NOS/c1-12(19(4)18)11-17-15-10-14(16(15,2)3)13-8-6-5-7-9-13/h5-9,12,14-15,17H,10-11H2,1-4H3/t12-,14-,15+,19+/m0/s1. The van der Waals surface area contributed by atoms with Crippen LogP contribution >= 0.6 is 0 Å². The predicted molar refractivity (Wildman–Crippen MR) is 82.9 cm³/mol. The largest absolute Gasteiger partial charge is 0.312 e. The molecule has 3 heteroatoms. The minimum atomic E-state index is -0.737. The molecule has 0 spiro atoms. The number of hydrogen-bond donors (Lipinski definition) is 1. The molecule has 106 valence electrons. The van der Waals surface area contributed by atoms with Gasteiger partial charge in [0.25, 0.3) is 0 Å². The normalized spacial score (nSPS) is 28.4. The lowest BCUT2D eigenvalue weighted by Gasteiger charge is -2.53. The summed E-state index contributed by atoms with van der Waals surface area (Å²) in [6.07, 6.45) is 2.96. The van der Waals surface area contributed by atoms with E-state index >= 15 is 0 Å². The minimum absolute atomic E-state index is 0.228. The highest BCUT2D eigenvalue weighted by molar-refractivity contribution is 7.84. The molecule has 1 aromatic carbocycles. The molecule has 0 heterocycles. The highest BCUT2D eigenvalue weighted by Gasteiger charge is 2.48. The van der Waals surface area contributed by atoms with Crippen LogP contribution < -0.4 is 5.32 Å². The summed E-state index contributed by atoms with van der Waals surface area (Å²) in [5, 5.41) is 3.83. The van der Waals surface area contributed by atoms with Crippen LogP contribution in [0.25, 0.3) is 0 Å². The maximum absolute atomic E-state index is 11.4. The zero-order valence-electron chi connectivity index (χ0n) is 12.3. The second-order valence-electron chi connectivity index (χ2n) is 6.29. The summed E-state index contributed by atoms with van der Waals surface area (Å²) in [6.45, 7) is 7.56. The van der Waals surface area contributed by atoms with E-state index in [1.165, 1.54) is 12.0 Å². The van der Waals surface area contributed by atoms with Crippen LogP contribution in [0.15, 0.2) is 30.3 Å². The molecule has 0 unspecified atom stereocenters.